The third kappa shape index (κ3) is 7.92. The van der Waals surface area contributed by atoms with Gasteiger partial charge in [-0.25, -0.2) is 18.2 Å². The van der Waals surface area contributed by atoms with E-state index in [-0.39, 0.29) is 48.7 Å². The number of nitrogens with one attached hydrogen (secondary N) is 2. The lowest BCUT2D eigenvalue weighted by molar-refractivity contribution is 0.0744. The largest absolute Gasteiger partial charge is 0.357 e. The van der Waals surface area contributed by atoms with E-state index in [4.69, 9.17) is 5.26 Å². The van der Waals surface area contributed by atoms with E-state index in [0.717, 1.165) is 12.8 Å². The molecule has 27 heavy (non-hydrogen) atoms. The molecule has 2 N–H and O–H groups in total. The van der Waals surface area contributed by atoms with Crippen molar-refractivity contribution >= 4 is 29.9 Å². The van der Waals surface area contributed by atoms with Gasteiger partial charge in [-0.1, -0.05) is 6.07 Å². The van der Waals surface area contributed by atoms with Crippen molar-refractivity contribution < 1.29 is 13.2 Å². The number of rotatable bonds is 6. The maximum atomic E-state index is 14.0. The third-order valence-electron chi connectivity index (χ3n) is 4.26. The molecule has 0 bridgehead atoms. The molecule has 1 aromatic rings. The Balaban J connectivity index is 0.00000364. The minimum absolute atomic E-state index is 0. The molecule has 0 radical (unpaired) electrons. The van der Waals surface area contributed by atoms with Crippen molar-refractivity contribution in [3.8, 4) is 6.07 Å². The molecule has 1 fully saturated rings. The number of hydrogen-bond acceptors (Lipinski definition) is 3. The maximum Gasteiger partial charge on any atom is 0.251 e. The Bertz CT molecular complexity index is 655. The van der Waals surface area contributed by atoms with Crippen LogP contribution in [0.5, 0.6) is 0 Å². The van der Waals surface area contributed by atoms with Crippen LogP contribution < -0.4 is 10.6 Å². The quantitative estimate of drug-likeness (QED) is 0.362. The van der Waals surface area contributed by atoms with Crippen molar-refractivity contribution in [2.24, 2.45) is 4.99 Å². The van der Waals surface area contributed by atoms with E-state index >= 15 is 0 Å². The summed E-state index contributed by atoms with van der Waals surface area (Å²) in [5.41, 5.74) is 0.684. The van der Waals surface area contributed by atoms with Crippen LogP contribution >= 0.6 is 24.0 Å². The zero-order valence-electron chi connectivity index (χ0n) is 15.2. The highest BCUT2D eigenvalue weighted by Crippen LogP contribution is 2.13. The summed E-state index contributed by atoms with van der Waals surface area (Å²) in [6.07, 6.45) is -0.800. The second-order valence-corrected chi connectivity index (χ2v) is 6.22. The number of hydrogen-bond donors (Lipinski definition) is 2. The van der Waals surface area contributed by atoms with Crippen LogP contribution in [0.15, 0.2) is 23.2 Å². The third-order valence-corrected chi connectivity index (χ3v) is 4.26. The molecular weight excluding hydrogens is 470 g/mol. The van der Waals surface area contributed by atoms with Crippen molar-refractivity contribution in [1.29, 1.82) is 5.26 Å². The van der Waals surface area contributed by atoms with Gasteiger partial charge >= 0.3 is 0 Å². The number of benzene rings is 1. The van der Waals surface area contributed by atoms with Crippen LogP contribution in [0.3, 0.4) is 0 Å². The molecule has 5 nitrogen and oxygen atoms in total. The van der Waals surface area contributed by atoms with Crippen LogP contribution in [-0.4, -0.2) is 49.5 Å². The summed E-state index contributed by atoms with van der Waals surface area (Å²) in [7, 11) is 0. The molecule has 0 spiro atoms. The first-order valence-corrected chi connectivity index (χ1v) is 8.75. The van der Waals surface area contributed by atoms with Gasteiger partial charge in [0.1, 0.15) is 5.82 Å². The Morgan fingerprint density at radius 3 is 2.63 bits per heavy atom. The number of nitrogens with zero attached hydrogens (tertiary/aromatic N) is 3. The van der Waals surface area contributed by atoms with E-state index in [1.165, 1.54) is 6.07 Å². The van der Waals surface area contributed by atoms with Crippen molar-refractivity contribution in [1.82, 2.24) is 15.5 Å². The second kappa shape index (κ2) is 12.0. The molecule has 1 heterocycles. The summed E-state index contributed by atoms with van der Waals surface area (Å²) in [6, 6.07) is 6.36. The van der Waals surface area contributed by atoms with E-state index in [2.05, 4.69) is 15.6 Å². The predicted molar refractivity (Wildman–Crippen MR) is 110 cm³/mol. The van der Waals surface area contributed by atoms with Gasteiger partial charge in [0.25, 0.3) is 6.43 Å². The van der Waals surface area contributed by atoms with Crippen molar-refractivity contribution in [3.63, 3.8) is 0 Å². The van der Waals surface area contributed by atoms with E-state index in [0.29, 0.717) is 31.2 Å². The molecule has 0 unspecified atom stereocenters. The average Bonchev–Trinajstić information content (AvgIpc) is 2.61. The molecule has 9 heteroatoms. The van der Waals surface area contributed by atoms with Crippen LogP contribution in [-0.2, 0) is 6.54 Å². The summed E-state index contributed by atoms with van der Waals surface area (Å²) in [5, 5.41) is 15.2. The van der Waals surface area contributed by atoms with Gasteiger partial charge in [0.05, 0.1) is 24.7 Å². The molecule has 1 aromatic carbocycles. The van der Waals surface area contributed by atoms with Gasteiger partial charge < -0.3 is 10.6 Å². The van der Waals surface area contributed by atoms with E-state index in [9.17, 15) is 13.2 Å². The molecule has 1 aliphatic heterocycles. The lowest BCUT2D eigenvalue weighted by Gasteiger charge is -2.32. The lowest BCUT2D eigenvalue weighted by atomic mass is 10.1. The van der Waals surface area contributed by atoms with Gasteiger partial charge in [0, 0.05) is 31.2 Å². The molecule has 0 aliphatic carbocycles. The summed E-state index contributed by atoms with van der Waals surface area (Å²) in [6.45, 7) is 3.80. The fraction of sp³-hybridized carbons (Fsp3) is 0.556. The first kappa shape index (κ1) is 23.5. The zero-order chi connectivity index (χ0) is 18.9. The number of likely N-dealkylation sites (tertiary alicyclic amines) is 1. The van der Waals surface area contributed by atoms with Crippen LogP contribution in [0, 0.1) is 17.1 Å². The van der Waals surface area contributed by atoms with Crippen molar-refractivity contribution in [3.05, 3.63) is 35.1 Å². The highest BCUT2D eigenvalue weighted by atomic mass is 127. The van der Waals surface area contributed by atoms with E-state index < -0.39 is 12.2 Å². The standard InChI is InChI=1S/C18H24F3N5.HI/c1-2-23-18(24-11-14-4-3-13(10-22)9-16(14)19)25-15-5-7-26(8-6-15)12-17(20)21;/h3-4,9,15,17H,2,5-8,11-12H2,1H3,(H2,23,24,25);1H. The average molecular weight is 495 g/mol. The number of alkyl halides is 2. The highest BCUT2D eigenvalue weighted by Gasteiger charge is 2.22. The summed E-state index contributed by atoms with van der Waals surface area (Å²) in [5.74, 6) is 0.118. The molecule has 0 atom stereocenters. The Kier molecular flexibility index (Phi) is 10.5. The minimum atomic E-state index is -2.30. The van der Waals surface area contributed by atoms with Crippen molar-refractivity contribution in [2.75, 3.05) is 26.2 Å². The fourth-order valence-electron chi connectivity index (χ4n) is 2.88. The Morgan fingerprint density at radius 2 is 2.07 bits per heavy atom. The second-order valence-electron chi connectivity index (χ2n) is 6.22. The number of piperidine rings is 1. The molecule has 0 saturated carbocycles. The van der Waals surface area contributed by atoms with Gasteiger partial charge in [-0.2, -0.15) is 5.26 Å². The zero-order valence-corrected chi connectivity index (χ0v) is 17.6. The van der Waals surface area contributed by atoms with Gasteiger partial charge in [0.15, 0.2) is 5.96 Å². The summed E-state index contributed by atoms with van der Waals surface area (Å²) < 4.78 is 38.8. The minimum Gasteiger partial charge on any atom is -0.357 e. The van der Waals surface area contributed by atoms with E-state index in [1.54, 1.807) is 17.0 Å². The van der Waals surface area contributed by atoms with Crippen LogP contribution in [0.1, 0.15) is 30.9 Å². The smallest absolute Gasteiger partial charge is 0.251 e. The first-order chi connectivity index (χ1) is 12.5. The molecule has 1 saturated heterocycles. The number of halogens is 4. The van der Waals surface area contributed by atoms with Gasteiger partial charge in [-0.3, -0.25) is 4.90 Å². The molecular formula is C18H25F3IN5. The van der Waals surface area contributed by atoms with Crippen LogP contribution in [0.2, 0.25) is 0 Å². The van der Waals surface area contributed by atoms with Crippen molar-refractivity contribution in [2.45, 2.75) is 38.8 Å². The first-order valence-electron chi connectivity index (χ1n) is 8.75. The monoisotopic (exact) mass is 495 g/mol. The summed E-state index contributed by atoms with van der Waals surface area (Å²) in [4.78, 5) is 6.16. The summed E-state index contributed by atoms with van der Waals surface area (Å²) >= 11 is 0. The lowest BCUT2D eigenvalue weighted by Crippen LogP contribution is -2.49. The van der Waals surface area contributed by atoms with E-state index in [1.807, 2.05) is 13.0 Å². The Labute approximate surface area is 175 Å². The maximum absolute atomic E-state index is 14.0. The topological polar surface area (TPSA) is 63.5 Å². The van der Waals surface area contributed by atoms with Crippen LogP contribution in [0.25, 0.3) is 0 Å². The SMILES string of the molecule is CCNC(=NCc1ccc(C#N)cc1F)NC1CCN(CC(F)F)CC1.I. The van der Waals surface area contributed by atoms with Gasteiger partial charge in [-0.15, -0.1) is 24.0 Å². The van der Waals surface area contributed by atoms with Gasteiger partial charge in [-0.05, 0) is 31.9 Å². The Hall–Kier alpha value is -1.54. The number of aliphatic imine (C=N–C) groups is 1. The van der Waals surface area contributed by atoms with Crippen LogP contribution in [0.4, 0.5) is 13.2 Å². The highest BCUT2D eigenvalue weighted by molar-refractivity contribution is 14.0. The number of nitriles is 1. The normalized spacial score (nSPS) is 15.9. The predicted octanol–water partition coefficient (Wildman–Crippen LogP) is 3.10. The molecule has 1 aliphatic rings. The fourth-order valence-corrected chi connectivity index (χ4v) is 2.88. The molecule has 0 amide bonds. The molecule has 150 valence electrons. The molecule has 2 rings (SSSR count). The number of guanidine groups is 1. The Morgan fingerprint density at radius 1 is 1.37 bits per heavy atom. The molecule has 0 aromatic heterocycles. The van der Waals surface area contributed by atoms with Gasteiger partial charge in [0.2, 0.25) is 0 Å².